The number of halogens is 3. The molecule has 2 aliphatic heterocycles. The van der Waals surface area contributed by atoms with Crippen LogP contribution in [0.15, 0.2) is 0 Å². The lowest BCUT2D eigenvalue weighted by Gasteiger charge is -2.56. The van der Waals surface area contributed by atoms with Crippen LogP contribution in [0.5, 0.6) is 0 Å². The van der Waals surface area contributed by atoms with E-state index in [9.17, 15) is 31.2 Å². The highest BCUT2D eigenvalue weighted by Crippen LogP contribution is 2.54. The Hall–Kier alpha value is -1.36. The van der Waals surface area contributed by atoms with E-state index < -0.39 is 28.2 Å². The molecule has 232 valence electrons. The number of carbonyl (C=O) groups is 2. The molecule has 0 aromatic heterocycles. The zero-order chi connectivity index (χ0) is 29.3. The summed E-state index contributed by atoms with van der Waals surface area (Å²) in [6.45, 7) is 4.54. The lowest BCUT2D eigenvalue weighted by Crippen LogP contribution is -2.68. The van der Waals surface area contributed by atoms with Crippen molar-refractivity contribution in [3.8, 4) is 0 Å². The standard InChI is InChI=1S/C30H46F3N3O4S/c1-18-17-34(29(38)20-5-3-6-20)28-15-22(8-10-26(28)36(18)19(2)37)21-7-9-25-23(13-21)14-24(30(31,32)33)16-27(25)35-11-4-12-41(35,39)40/h18,20-28H,3-17H2,1-2H3/t18-,21?,22?,23?,24?,25?,26?,27?,28?/m0/s1. The highest BCUT2D eigenvalue weighted by atomic mass is 32.2. The molecule has 6 fully saturated rings. The number of hydrogen-bond donors (Lipinski definition) is 0. The Labute approximate surface area is 242 Å². The van der Waals surface area contributed by atoms with Gasteiger partial charge in [-0.1, -0.05) is 6.42 Å². The Morgan fingerprint density at radius 2 is 1.51 bits per heavy atom. The van der Waals surface area contributed by atoms with E-state index in [1.807, 2.05) is 11.8 Å². The number of amides is 2. The van der Waals surface area contributed by atoms with E-state index in [1.165, 1.54) is 4.31 Å². The fourth-order valence-corrected chi connectivity index (χ4v) is 11.6. The average molecular weight is 602 g/mol. The third kappa shape index (κ3) is 5.44. The molecule has 0 aromatic carbocycles. The average Bonchev–Trinajstić information content (AvgIpc) is 3.23. The summed E-state index contributed by atoms with van der Waals surface area (Å²) in [6.07, 6.45) is 3.99. The first-order valence-corrected chi connectivity index (χ1v) is 17.6. The molecule has 0 aromatic rings. The molecule has 6 aliphatic rings. The van der Waals surface area contributed by atoms with Crippen molar-refractivity contribution >= 4 is 21.8 Å². The van der Waals surface area contributed by atoms with Gasteiger partial charge in [-0.3, -0.25) is 9.59 Å². The minimum Gasteiger partial charge on any atom is -0.335 e. The van der Waals surface area contributed by atoms with Crippen LogP contribution in [0.1, 0.15) is 90.9 Å². The van der Waals surface area contributed by atoms with E-state index in [-0.39, 0.29) is 72.2 Å². The molecule has 4 aliphatic carbocycles. The SMILES string of the molecule is CC(=O)N1C2CCC(C3CCC4C(C3)CC(C(F)(F)F)CC4N3CCCS3(=O)=O)CC2N(C(=O)C2CCC2)C[C@@H]1C. The molecule has 2 heterocycles. The van der Waals surface area contributed by atoms with Gasteiger partial charge in [0, 0.05) is 38.0 Å². The van der Waals surface area contributed by atoms with Gasteiger partial charge in [0.2, 0.25) is 21.8 Å². The zero-order valence-electron chi connectivity index (χ0n) is 24.4. The van der Waals surface area contributed by atoms with Crippen molar-refractivity contribution in [3.05, 3.63) is 0 Å². The highest BCUT2D eigenvalue weighted by molar-refractivity contribution is 7.89. The summed E-state index contributed by atoms with van der Waals surface area (Å²) in [7, 11) is -3.49. The number of fused-ring (bicyclic) bond motifs is 2. The number of piperazine rings is 1. The second-order valence-corrected chi connectivity index (χ2v) is 16.2. The van der Waals surface area contributed by atoms with Crippen molar-refractivity contribution in [2.75, 3.05) is 18.8 Å². The fraction of sp³-hybridized carbons (Fsp3) is 0.933. The van der Waals surface area contributed by atoms with E-state index >= 15 is 0 Å². The molecule has 0 N–H and O–H groups in total. The zero-order valence-corrected chi connectivity index (χ0v) is 25.2. The molecule has 0 radical (unpaired) electrons. The van der Waals surface area contributed by atoms with Crippen LogP contribution in [0.2, 0.25) is 0 Å². The van der Waals surface area contributed by atoms with Crippen LogP contribution in [-0.2, 0) is 19.6 Å². The lowest BCUT2D eigenvalue weighted by atomic mass is 9.59. The van der Waals surface area contributed by atoms with Gasteiger partial charge in [-0.15, -0.1) is 0 Å². The van der Waals surface area contributed by atoms with Gasteiger partial charge in [0.05, 0.1) is 23.8 Å². The minimum absolute atomic E-state index is 0.00177. The molecule has 6 rings (SSSR count). The number of alkyl halides is 3. The van der Waals surface area contributed by atoms with Crippen molar-refractivity contribution in [3.63, 3.8) is 0 Å². The van der Waals surface area contributed by atoms with Gasteiger partial charge in [0.15, 0.2) is 0 Å². The first-order valence-electron chi connectivity index (χ1n) is 16.0. The van der Waals surface area contributed by atoms with Crippen LogP contribution in [0.3, 0.4) is 0 Å². The maximum atomic E-state index is 14.1. The number of hydrogen-bond acceptors (Lipinski definition) is 4. The van der Waals surface area contributed by atoms with Gasteiger partial charge in [0.25, 0.3) is 0 Å². The van der Waals surface area contributed by atoms with Crippen LogP contribution < -0.4 is 0 Å². The quantitative estimate of drug-likeness (QED) is 0.465. The summed E-state index contributed by atoms with van der Waals surface area (Å²) in [6, 6.07) is -0.604. The fourth-order valence-electron chi connectivity index (χ4n) is 9.86. The maximum Gasteiger partial charge on any atom is 0.391 e. The molecule has 7 nitrogen and oxygen atoms in total. The van der Waals surface area contributed by atoms with E-state index in [0.717, 1.165) is 51.4 Å². The summed E-state index contributed by atoms with van der Waals surface area (Å²) in [5.74, 6) is -0.652. The molecule has 0 spiro atoms. The molecule has 9 atom stereocenters. The molecular weight excluding hydrogens is 555 g/mol. The van der Waals surface area contributed by atoms with Crippen LogP contribution in [0.4, 0.5) is 13.2 Å². The summed E-state index contributed by atoms with van der Waals surface area (Å²) >= 11 is 0. The Kier molecular flexibility index (Phi) is 7.95. The van der Waals surface area contributed by atoms with E-state index in [0.29, 0.717) is 31.8 Å². The maximum absolute atomic E-state index is 14.1. The van der Waals surface area contributed by atoms with E-state index in [4.69, 9.17) is 0 Å². The van der Waals surface area contributed by atoms with Crippen molar-refractivity contribution < 1.29 is 31.2 Å². The highest BCUT2D eigenvalue weighted by Gasteiger charge is 2.55. The van der Waals surface area contributed by atoms with Crippen molar-refractivity contribution in [2.24, 2.45) is 35.5 Å². The van der Waals surface area contributed by atoms with Crippen molar-refractivity contribution in [1.29, 1.82) is 0 Å². The normalized spacial score (nSPS) is 41.8. The third-order valence-corrected chi connectivity index (χ3v) is 13.9. The Bertz CT molecular complexity index is 1130. The number of carbonyl (C=O) groups excluding carboxylic acids is 2. The van der Waals surface area contributed by atoms with Crippen LogP contribution in [-0.4, -0.2) is 83.5 Å². The van der Waals surface area contributed by atoms with Gasteiger partial charge < -0.3 is 9.80 Å². The van der Waals surface area contributed by atoms with Crippen LogP contribution in [0, 0.1) is 35.5 Å². The van der Waals surface area contributed by atoms with E-state index in [1.54, 1.807) is 6.92 Å². The van der Waals surface area contributed by atoms with Crippen molar-refractivity contribution in [1.82, 2.24) is 14.1 Å². The Morgan fingerprint density at radius 1 is 0.805 bits per heavy atom. The van der Waals surface area contributed by atoms with Crippen LogP contribution >= 0.6 is 0 Å². The van der Waals surface area contributed by atoms with Crippen molar-refractivity contribution in [2.45, 2.75) is 121 Å². The first-order chi connectivity index (χ1) is 19.3. The van der Waals surface area contributed by atoms with Gasteiger partial charge in [-0.05, 0) is 101 Å². The topological polar surface area (TPSA) is 78.0 Å². The predicted molar refractivity (Wildman–Crippen MR) is 148 cm³/mol. The minimum atomic E-state index is -4.32. The summed E-state index contributed by atoms with van der Waals surface area (Å²) in [5.41, 5.74) is 0. The summed E-state index contributed by atoms with van der Waals surface area (Å²) < 4.78 is 69.3. The Balaban J connectivity index is 1.21. The second-order valence-electron chi connectivity index (χ2n) is 14.2. The van der Waals surface area contributed by atoms with Gasteiger partial charge in [-0.25, -0.2) is 8.42 Å². The smallest absolute Gasteiger partial charge is 0.335 e. The molecule has 4 saturated carbocycles. The summed E-state index contributed by atoms with van der Waals surface area (Å²) in [4.78, 5) is 30.3. The van der Waals surface area contributed by atoms with Gasteiger partial charge in [-0.2, -0.15) is 17.5 Å². The largest absolute Gasteiger partial charge is 0.391 e. The van der Waals surface area contributed by atoms with Crippen LogP contribution in [0.25, 0.3) is 0 Å². The van der Waals surface area contributed by atoms with E-state index in [2.05, 4.69) is 4.90 Å². The molecule has 8 unspecified atom stereocenters. The number of rotatable bonds is 3. The second kappa shape index (κ2) is 11.0. The monoisotopic (exact) mass is 601 g/mol. The predicted octanol–water partition coefficient (Wildman–Crippen LogP) is 4.81. The number of nitrogens with zero attached hydrogens (tertiary/aromatic N) is 3. The Morgan fingerprint density at radius 3 is 2.12 bits per heavy atom. The molecule has 41 heavy (non-hydrogen) atoms. The molecular formula is C30H46F3N3O4S. The number of sulfonamides is 1. The molecule has 2 amide bonds. The lowest BCUT2D eigenvalue weighted by molar-refractivity contribution is -0.197. The summed E-state index contributed by atoms with van der Waals surface area (Å²) in [5, 5.41) is 0. The third-order valence-electron chi connectivity index (χ3n) is 11.9. The van der Waals surface area contributed by atoms with Gasteiger partial charge in [0.1, 0.15) is 0 Å². The van der Waals surface area contributed by atoms with Gasteiger partial charge >= 0.3 is 6.18 Å². The molecule has 2 saturated heterocycles. The molecule has 0 bridgehead atoms. The first kappa shape index (κ1) is 29.7. The molecule has 11 heteroatoms.